The molecule has 0 radical (unpaired) electrons. The summed E-state index contributed by atoms with van der Waals surface area (Å²) in [6.45, 7) is 0.377. The summed E-state index contributed by atoms with van der Waals surface area (Å²) in [4.78, 5) is 24.6. The number of urea groups is 1. The third-order valence-corrected chi connectivity index (χ3v) is 1.99. The number of anilines is 1. The number of carbonyl (C=O) groups excluding carboxylic acids is 2. The van der Waals surface area contributed by atoms with Crippen molar-refractivity contribution < 1.29 is 9.59 Å². The zero-order chi connectivity index (χ0) is 9.97. The van der Waals surface area contributed by atoms with Gasteiger partial charge in [-0.05, 0) is 12.1 Å². The van der Waals surface area contributed by atoms with E-state index in [4.69, 9.17) is 0 Å². The fourth-order valence-corrected chi connectivity index (χ4v) is 1.37. The summed E-state index contributed by atoms with van der Waals surface area (Å²) in [7, 11) is 0. The molecule has 2 N–H and O–H groups in total. The number of rotatable bonds is 1. The van der Waals surface area contributed by atoms with Crippen molar-refractivity contribution in [2.45, 2.75) is 6.54 Å². The first-order chi connectivity index (χ1) is 6.81. The zero-order valence-corrected chi connectivity index (χ0v) is 7.20. The summed E-state index contributed by atoms with van der Waals surface area (Å²) in [5.74, 6) is 0. The number of aliphatic imine (C=N–C) groups is 1. The molecule has 1 aromatic rings. The second-order valence-corrected chi connectivity index (χ2v) is 2.81. The minimum absolute atomic E-state index is 0.246. The number of fused-ring (bicyclic) bond motifs is 1. The standard InChI is InChI=1S/C9H7N3O2/c13-5-11-7-2-1-3-8-6(7)4-10-9(14)12-8/h1-3H,4H2,(H2,10,12,14). The Morgan fingerprint density at radius 1 is 1.43 bits per heavy atom. The molecule has 2 rings (SSSR count). The van der Waals surface area contributed by atoms with Crippen LogP contribution in [-0.4, -0.2) is 12.1 Å². The highest BCUT2D eigenvalue weighted by Crippen LogP contribution is 2.28. The molecule has 1 aromatic carbocycles. The number of nitrogens with zero attached hydrogens (tertiary/aromatic N) is 1. The topological polar surface area (TPSA) is 70.6 Å². The summed E-state index contributed by atoms with van der Waals surface area (Å²) in [6, 6.07) is 4.94. The normalized spacial score (nSPS) is 13.3. The summed E-state index contributed by atoms with van der Waals surface area (Å²) in [6.07, 6.45) is 1.48. The lowest BCUT2D eigenvalue weighted by Crippen LogP contribution is -2.33. The van der Waals surface area contributed by atoms with Gasteiger partial charge in [0.1, 0.15) is 0 Å². The van der Waals surface area contributed by atoms with Gasteiger partial charge in [-0.2, -0.15) is 4.99 Å². The Labute approximate surface area is 79.8 Å². The van der Waals surface area contributed by atoms with Gasteiger partial charge in [0.15, 0.2) is 0 Å². The Morgan fingerprint density at radius 2 is 2.29 bits per heavy atom. The molecule has 1 aliphatic rings. The Balaban J connectivity index is 2.51. The lowest BCUT2D eigenvalue weighted by atomic mass is 10.1. The number of isocyanates is 1. The summed E-state index contributed by atoms with van der Waals surface area (Å²) < 4.78 is 0. The van der Waals surface area contributed by atoms with Crippen LogP contribution in [0.5, 0.6) is 0 Å². The second-order valence-electron chi connectivity index (χ2n) is 2.81. The first kappa shape index (κ1) is 8.47. The van der Waals surface area contributed by atoms with E-state index in [1.54, 1.807) is 18.2 Å². The van der Waals surface area contributed by atoms with Crippen molar-refractivity contribution in [3.8, 4) is 0 Å². The zero-order valence-electron chi connectivity index (χ0n) is 7.20. The molecule has 70 valence electrons. The predicted octanol–water partition coefficient (Wildman–Crippen LogP) is 1.29. The van der Waals surface area contributed by atoms with E-state index in [0.29, 0.717) is 17.9 Å². The van der Waals surface area contributed by atoms with Crippen LogP contribution in [-0.2, 0) is 11.3 Å². The quantitative estimate of drug-likeness (QED) is 0.516. The first-order valence-electron chi connectivity index (χ1n) is 4.06. The molecule has 5 nitrogen and oxygen atoms in total. The van der Waals surface area contributed by atoms with Crippen LogP contribution in [0.3, 0.4) is 0 Å². The molecule has 0 atom stereocenters. The third kappa shape index (κ3) is 1.36. The van der Waals surface area contributed by atoms with Gasteiger partial charge < -0.3 is 10.6 Å². The fraction of sp³-hybridized carbons (Fsp3) is 0.111. The van der Waals surface area contributed by atoms with E-state index in [1.165, 1.54) is 6.08 Å². The smallest absolute Gasteiger partial charge is 0.319 e. The monoisotopic (exact) mass is 189 g/mol. The molecule has 0 bridgehead atoms. The van der Waals surface area contributed by atoms with Crippen molar-refractivity contribution in [3.05, 3.63) is 23.8 Å². The van der Waals surface area contributed by atoms with E-state index in [0.717, 1.165) is 5.56 Å². The largest absolute Gasteiger partial charge is 0.334 e. The van der Waals surface area contributed by atoms with Crippen LogP contribution in [0.1, 0.15) is 5.56 Å². The molecular formula is C9H7N3O2. The highest BCUT2D eigenvalue weighted by Gasteiger charge is 2.15. The molecule has 0 saturated heterocycles. The molecule has 0 aliphatic carbocycles. The SMILES string of the molecule is O=C=Nc1cccc2c1CNC(=O)N2. The molecule has 1 aliphatic heterocycles. The molecule has 2 amide bonds. The summed E-state index contributed by atoms with van der Waals surface area (Å²) in [5.41, 5.74) is 2.02. The van der Waals surface area contributed by atoms with E-state index in [-0.39, 0.29) is 6.03 Å². The van der Waals surface area contributed by atoms with E-state index in [9.17, 15) is 9.59 Å². The molecule has 1 heterocycles. The van der Waals surface area contributed by atoms with Gasteiger partial charge in [0, 0.05) is 17.8 Å². The lowest BCUT2D eigenvalue weighted by molar-refractivity contribution is 0.251. The van der Waals surface area contributed by atoms with Crippen molar-refractivity contribution in [1.82, 2.24) is 5.32 Å². The van der Waals surface area contributed by atoms with Crippen LogP contribution in [0, 0.1) is 0 Å². The number of amides is 2. The maximum atomic E-state index is 11.0. The average molecular weight is 189 g/mol. The van der Waals surface area contributed by atoms with Gasteiger partial charge in [-0.25, -0.2) is 9.59 Å². The van der Waals surface area contributed by atoms with Crippen LogP contribution in [0.25, 0.3) is 0 Å². The molecule has 0 aromatic heterocycles. The fourth-order valence-electron chi connectivity index (χ4n) is 1.37. The van der Waals surface area contributed by atoms with Crippen LogP contribution < -0.4 is 10.6 Å². The summed E-state index contributed by atoms with van der Waals surface area (Å²) >= 11 is 0. The average Bonchev–Trinajstić information content (AvgIpc) is 2.18. The third-order valence-electron chi connectivity index (χ3n) is 1.99. The minimum atomic E-state index is -0.246. The van der Waals surface area contributed by atoms with Crippen LogP contribution >= 0.6 is 0 Å². The van der Waals surface area contributed by atoms with Gasteiger partial charge >= 0.3 is 6.03 Å². The lowest BCUT2D eigenvalue weighted by Gasteiger charge is -2.18. The van der Waals surface area contributed by atoms with E-state index < -0.39 is 0 Å². The van der Waals surface area contributed by atoms with Crippen LogP contribution in [0.15, 0.2) is 23.2 Å². The van der Waals surface area contributed by atoms with Crippen molar-refractivity contribution >= 4 is 23.5 Å². The van der Waals surface area contributed by atoms with Crippen molar-refractivity contribution in [2.24, 2.45) is 4.99 Å². The van der Waals surface area contributed by atoms with E-state index in [2.05, 4.69) is 15.6 Å². The molecule has 14 heavy (non-hydrogen) atoms. The van der Waals surface area contributed by atoms with Gasteiger partial charge in [-0.15, -0.1) is 0 Å². The van der Waals surface area contributed by atoms with Crippen molar-refractivity contribution in [2.75, 3.05) is 5.32 Å². The van der Waals surface area contributed by atoms with Crippen LogP contribution in [0.2, 0.25) is 0 Å². The highest BCUT2D eigenvalue weighted by molar-refractivity contribution is 5.93. The minimum Gasteiger partial charge on any atom is -0.334 e. The molecule has 0 fully saturated rings. The van der Waals surface area contributed by atoms with Gasteiger partial charge in [-0.1, -0.05) is 6.07 Å². The molecule has 5 heteroatoms. The van der Waals surface area contributed by atoms with E-state index >= 15 is 0 Å². The second kappa shape index (κ2) is 3.32. The maximum absolute atomic E-state index is 11.0. The van der Waals surface area contributed by atoms with Gasteiger partial charge in [0.25, 0.3) is 0 Å². The van der Waals surface area contributed by atoms with Crippen LogP contribution in [0.4, 0.5) is 16.2 Å². The number of benzene rings is 1. The number of hydrogen-bond acceptors (Lipinski definition) is 3. The van der Waals surface area contributed by atoms with Crippen molar-refractivity contribution in [1.29, 1.82) is 0 Å². The predicted molar refractivity (Wildman–Crippen MR) is 50.1 cm³/mol. The van der Waals surface area contributed by atoms with Crippen molar-refractivity contribution in [3.63, 3.8) is 0 Å². The highest BCUT2D eigenvalue weighted by atomic mass is 16.2. The Bertz CT molecular complexity index is 436. The number of nitrogens with one attached hydrogen (secondary N) is 2. The van der Waals surface area contributed by atoms with E-state index in [1.807, 2.05) is 0 Å². The molecule has 0 saturated carbocycles. The van der Waals surface area contributed by atoms with Gasteiger partial charge in [-0.3, -0.25) is 0 Å². The Morgan fingerprint density at radius 3 is 3.07 bits per heavy atom. The maximum Gasteiger partial charge on any atom is 0.319 e. The summed E-state index contributed by atoms with van der Waals surface area (Å²) in [5, 5.41) is 5.22. The molecular weight excluding hydrogens is 182 g/mol. The Kier molecular flexibility index (Phi) is 2.01. The number of carbonyl (C=O) groups is 1. The molecule has 0 unspecified atom stereocenters. The van der Waals surface area contributed by atoms with Gasteiger partial charge in [0.05, 0.1) is 5.69 Å². The molecule has 0 spiro atoms. The first-order valence-corrected chi connectivity index (χ1v) is 4.06. The Hall–Kier alpha value is -2.13. The number of hydrogen-bond donors (Lipinski definition) is 2. The van der Waals surface area contributed by atoms with Gasteiger partial charge in [0.2, 0.25) is 6.08 Å².